The fourth-order valence-electron chi connectivity index (χ4n) is 2.64. The van der Waals surface area contributed by atoms with Gasteiger partial charge < -0.3 is 28.4 Å². The summed E-state index contributed by atoms with van der Waals surface area (Å²) in [5.41, 5.74) is -0.158. The van der Waals surface area contributed by atoms with E-state index in [1.54, 1.807) is 6.07 Å². The second kappa shape index (κ2) is 16.4. The van der Waals surface area contributed by atoms with Crippen molar-refractivity contribution in [2.75, 3.05) is 34.2 Å². The van der Waals surface area contributed by atoms with Gasteiger partial charge in [-0.1, -0.05) is 0 Å². The van der Waals surface area contributed by atoms with Gasteiger partial charge in [-0.2, -0.15) is 22.6 Å². The smallest absolute Gasteiger partial charge is 0.348 e. The minimum absolute atomic E-state index is 0.150. The minimum Gasteiger partial charge on any atom is -0.477 e. The number of carbonyl (C=O) groups is 3. The Morgan fingerprint density at radius 3 is 1.74 bits per heavy atom. The Hall–Kier alpha value is -3.24. The van der Waals surface area contributed by atoms with Crippen molar-refractivity contribution in [2.24, 2.45) is 0 Å². The van der Waals surface area contributed by atoms with Gasteiger partial charge in [-0.05, 0) is 63.5 Å². The molecule has 232 valence electrons. The first-order valence-corrected chi connectivity index (χ1v) is 14.3. The van der Waals surface area contributed by atoms with Crippen molar-refractivity contribution >= 4 is 68.5 Å². The maximum Gasteiger partial charge on any atom is 0.348 e. The Labute approximate surface area is 262 Å². The van der Waals surface area contributed by atoms with E-state index in [9.17, 15) is 14.4 Å². The van der Waals surface area contributed by atoms with E-state index in [1.807, 2.05) is 41.5 Å². The Bertz CT molecular complexity index is 1330. The number of hydrogen-bond donors (Lipinski definition) is 1. The molecule has 3 rings (SSSR count). The van der Waals surface area contributed by atoms with E-state index < -0.39 is 5.60 Å². The average Bonchev–Trinajstić information content (AvgIpc) is 3.34. The third-order valence-corrected chi connectivity index (χ3v) is 5.99. The van der Waals surface area contributed by atoms with Crippen LogP contribution in [0.5, 0.6) is 23.5 Å². The third-order valence-electron chi connectivity index (χ3n) is 4.15. The van der Waals surface area contributed by atoms with E-state index >= 15 is 0 Å². The highest BCUT2D eigenvalue weighted by Gasteiger charge is 2.22. The lowest BCUT2D eigenvalue weighted by molar-refractivity contribution is -0.151. The number of nitrogens with zero attached hydrogens (tertiary/aromatic N) is 4. The van der Waals surface area contributed by atoms with Crippen molar-refractivity contribution in [3.05, 3.63) is 21.2 Å². The maximum atomic E-state index is 12.0. The van der Waals surface area contributed by atoms with Crippen LogP contribution in [0.2, 0.25) is 0 Å². The van der Waals surface area contributed by atoms with Gasteiger partial charge in [-0.15, -0.1) is 11.3 Å². The lowest BCUT2D eigenvalue weighted by Crippen LogP contribution is -2.24. The SMILES string of the molecule is CC(C)(C)OC(=O)CS.COc1nc(Br)c(C=O)nc1OC.COc1nc2cc(C(=O)OC(C)(C)C)sc2nc1OC. The van der Waals surface area contributed by atoms with Gasteiger partial charge >= 0.3 is 11.9 Å². The highest BCUT2D eigenvalue weighted by atomic mass is 79.9. The zero-order valence-corrected chi connectivity index (χ0v) is 28.4. The molecule has 0 unspecified atom stereocenters. The molecule has 0 saturated heterocycles. The number of methoxy groups -OCH3 is 4. The van der Waals surface area contributed by atoms with Gasteiger partial charge in [0.25, 0.3) is 23.5 Å². The van der Waals surface area contributed by atoms with Gasteiger partial charge in [0, 0.05) is 0 Å². The first-order chi connectivity index (χ1) is 19.5. The Morgan fingerprint density at radius 2 is 1.31 bits per heavy atom. The van der Waals surface area contributed by atoms with Crippen molar-refractivity contribution in [2.45, 2.75) is 52.7 Å². The number of hydrogen-bond acceptors (Lipinski definition) is 15. The van der Waals surface area contributed by atoms with Crippen LogP contribution in [-0.4, -0.2) is 83.6 Å². The van der Waals surface area contributed by atoms with Gasteiger partial charge in [-0.25, -0.2) is 14.8 Å². The molecule has 0 fully saturated rings. The molecule has 0 amide bonds. The first kappa shape index (κ1) is 36.8. The quantitative estimate of drug-likeness (QED) is 0.201. The second-order valence-corrected chi connectivity index (χ2v) is 11.9. The molecule has 3 aromatic heterocycles. The third kappa shape index (κ3) is 11.9. The number of fused-ring (bicyclic) bond motifs is 1. The molecule has 0 radical (unpaired) electrons. The minimum atomic E-state index is -0.538. The highest BCUT2D eigenvalue weighted by molar-refractivity contribution is 9.10. The summed E-state index contributed by atoms with van der Waals surface area (Å²) in [4.78, 5) is 50.3. The second-order valence-electron chi connectivity index (χ2n) is 9.83. The molecule has 0 spiro atoms. The number of halogens is 1. The van der Waals surface area contributed by atoms with Crippen LogP contribution in [0.4, 0.5) is 0 Å². The molecule has 0 aliphatic rings. The number of ether oxygens (including phenoxy) is 6. The largest absolute Gasteiger partial charge is 0.477 e. The fraction of sp³-hybridized carbons (Fsp3) is 0.500. The molecule has 0 N–H and O–H groups in total. The van der Waals surface area contributed by atoms with Crippen molar-refractivity contribution in [3.8, 4) is 23.5 Å². The maximum absolute atomic E-state index is 12.0. The van der Waals surface area contributed by atoms with Crippen LogP contribution >= 0.6 is 39.9 Å². The summed E-state index contributed by atoms with van der Waals surface area (Å²) in [6.07, 6.45) is 0.582. The van der Waals surface area contributed by atoms with Crippen LogP contribution in [0.1, 0.15) is 61.7 Å². The number of aldehydes is 1. The van der Waals surface area contributed by atoms with Crippen LogP contribution in [0.25, 0.3) is 10.3 Å². The molecule has 0 aromatic carbocycles. The van der Waals surface area contributed by atoms with Crippen molar-refractivity contribution < 1.29 is 42.8 Å². The Morgan fingerprint density at radius 1 is 0.833 bits per heavy atom. The normalized spacial score (nSPS) is 10.8. The number of aromatic nitrogens is 4. The summed E-state index contributed by atoms with van der Waals surface area (Å²) < 4.78 is 30.4. The van der Waals surface area contributed by atoms with Crippen LogP contribution in [0, 0.1) is 0 Å². The van der Waals surface area contributed by atoms with Crippen molar-refractivity contribution in [1.29, 1.82) is 0 Å². The van der Waals surface area contributed by atoms with Crippen LogP contribution in [0.3, 0.4) is 0 Å². The standard InChI is InChI=1S/C13H16N2O4S.C7H7BrN2O3.C6H12O2S/c1-13(2,3)19-12(16)8-6-7-11(20-8)15-10(18-5)9(14-7)17-4;1-12-6-7(13-2)10-5(8)4(3-11)9-6;1-6(2,3)8-5(7)4-9/h6H,1-5H3;3H,1-2H3;9H,4H2,1-3H3. The molecule has 42 heavy (non-hydrogen) atoms. The molecule has 0 aliphatic carbocycles. The summed E-state index contributed by atoms with van der Waals surface area (Å²) in [6, 6.07) is 1.64. The topological polar surface area (TPSA) is 158 Å². The van der Waals surface area contributed by atoms with E-state index in [-0.39, 0.29) is 52.5 Å². The van der Waals surface area contributed by atoms with Gasteiger partial charge in [0.2, 0.25) is 0 Å². The summed E-state index contributed by atoms with van der Waals surface area (Å²) in [6.45, 7) is 10.9. The van der Waals surface area contributed by atoms with Gasteiger partial charge in [0.05, 0.1) is 34.2 Å². The number of rotatable bonds is 7. The zero-order chi connectivity index (χ0) is 32.3. The fourth-order valence-corrected chi connectivity index (χ4v) is 3.89. The van der Waals surface area contributed by atoms with E-state index in [2.05, 4.69) is 48.5 Å². The Kier molecular flexibility index (Phi) is 14.4. The molecule has 16 heteroatoms. The van der Waals surface area contributed by atoms with Crippen LogP contribution in [-0.2, 0) is 14.3 Å². The Balaban J connectivity index is 0.000000346. The van der Waals surface area contributed by atoms with Crippen molar-refractivity contribution in [3.63, 3.8) is 0 Å². The monoisotopic (exact) mass is 690 g/mol. The van der Waals surface area contributed by atoms with E-state index in [0.717, 1.165) is 0 Å². The van der Waals surface area contributed by atoms with Gasteiger partial charge in [-0.3, -0.25) is 9.59 Å². The number of thiophene rings is 1. The molecule has 0 atom stereocenters. The van der Waals surface area contributed by atoms with E-state index in [1.165, 1.54) is 39.8 Å². The van der Waals surface area contributed by atoms with Crippen LogP contribution < -0.4 is 18.9 Å². The molecule has 0 saturated carbocycles. The molecular weight excluding hydrogens is 656 g/mol. The summed E-state index contributed by atoms with van der Waals surface area (Å²) >= 11 is 8.03. The highest BCUT2D eigenvalue weighted by Crippen LogP contribution is 2.31. The summed E-state index contributed by atoms with van der Waals surface area (Å²) in [7, 11) is 5.84. The first-order valence-electron chi connectivity index (χ1n) is 12.1. The summed E-state index contributed by atoms with van der Waals surface area (Å²) in [5, 5.41) is 0. The lowest BCUT2D eigenvalue weighted by atomic mass is 10.2. The molecule has 0 bridgehead atoms. The molecule has 3 aromatic rings. The summed E-state index contributed by atoms with van der Waals surface area (Å²) in [5.74, 6) is 0.488. The molecule has 13 nitrogen and oxygen atoms in total. The van der Waals surface area contributed by atoms with Crippen LogP contribution in [0.15, 0.2) is 10.7 Å². The van der Waals surface area contributed by atoms with Gasteiger partial charge in [0.15, 0.2) is 6.29 Å². The average molecular weight is 692 g/mol. The molecule has 3 heterocycles. The van der Waals surface area contributed by atoms with E-state index in [4.69, 9.17) is 28.4 Å². The number of carbonyl (C=O) groups excluding carboxylic acids is 3. The predicted octanol–water partition coefficient (Wildman–Crippen LogP) is 4.99. The number of thiol groups is 1. The lowest BCUT2D eigenvalue weighted by Gasteiger charge is -2.18. The predicted molar refractivity (Wildman–Crippen MR) is 164 cm³/mol. The van der Waals surface area contributed by atoms with Gasteiger partial charge in [0.1, 0.15) is 36.7 Å². The van der Waals surface area contributed by atoms with E-state index in [0.29, 0.717) is 26.1 Å². The molecular formula is C26H35BrN4O9S2. The van der Waals surface area contributed by atoms with Crippen molar-refractivity contribution in [1.82, 2.24) is 19.9 Å². The molecule has 0 aliphatic heterocycles. The number of esters is 2. The zero-order valence-electron chi connectivity index (χ0n) is 25.1.